The van der Waals surface area contributed by atoms with E-state index in [4.69, 9.17) is 4.74 Å². The average molecular weight is 311 g/mol. The molecule has 0 aromatic carbocycles. The molecule has 0 N–H and O–H groups in total. The first-order valence-electron chi connectivity index (χ1n) is 10.1. The Kier molecular flexibility index (Phi) is 18.5. The van der Waals surface area contributed by atoms with Gasteiger partial charge < -0.3 is 4.74 Å². The third kappa shape index (κ3) is 16.1. The Morgan fingerprint density at radius 3 is 1.77 bits per heavy atom. The topological polar surface area (TPSA) is 9.23 Å². The minimum absolute atomic E-state index is 0.502. The molecule has 0 aromatic rings. The van der Waals surface area contributed by atoms with E-state index >= 15 is 0 Å². The van der Waals surface area contributed by atoms with Gasteiger partial charge in [-0.25, -0.2) is 0 Å². The smallest absolute Gasteiger partial charge is 0.0572 e. The SMILES string of the molecule is CCCCCCCC/C=C\CCCCCCC(CC)OCC. The molecule has 0 heterocycles. The van der Waals surface area contributed by atoms with E-state index in [9.17, 15) is 0 Å². The molecule has 0 radical (unpaired) electrons. The Balaban J connectivity index is 3.20. The average Bonchev–Trinajstić information content (AvgIpc) is 2.54. The maximum Gasteiger partial charge on any atom is 0.0572 e. The molecule has 22 heavy (non-hydrogen) atoms. The molecular weight excluding hydrogens is 268 g/mol. The molecule has 0 spiro atoms. The van der Waals surface area contributed by atoms with Gasteiger partial charge in [-0.1, -0.05) is 77.4 Å². The molecule has 0 fully saturated rings. The normalized spacial score (nSPS) is 13.0. The molecule has 0 aliphatic rings. The number of unbranched alkanes of at least 4 members (excludes halogenated alkanes) is 10. The van der Waals surface area contributed by atoms with Crippen LogP contribution in [0.25, 0.3) is 0 Å². The quantitative estimate of drug-likeness (QED) is 0.200. The first kappa shape index (κ1) is 21.7. The highest BCUT2D eigenvalue weighted by molar-refractivity contribution is 4.81. The molecule has 132 valence electrons. The van der Waals surface area contributed by atoms with E-state index in [1.54, 1.807) is 0 Å². The monoisotopic (exact) mass is 310 g/mol. The van der Waals surface area contributed by atoms with Crippen LogP contribution in [-0.4, -0.2) is 12.7 Å². The van der Waals surface area contributed by atoms with Crippen LogP contribution in [0.4, 0.5) is 0 Å². The van der Waals surface area contributed by atoms with Crippen LogP contribution in [-0.2, 0) is 4.74 Å². The molecule has 0 aliphatic carbocycles. The van der Waals surface area contributed by atoms with Gasteiger partial charge in [0.1, 0.15) is 0 Å². The van der Waals surface area contributed by atoms with Gasteiger partial charge in [0.05, 0.1) is 6.10 Å². The third-order valence-electron chi connectivity index (χ3n) is 4.40. The van der Waals surface area contributed by atoms with Crippen LogP contribution in [0.2, 0.25) is 0 Å². The van der Waals surface area contributed by atoms with Crippen molar-refractivity contribution >= 4 is 0 Å². The Hall–Kier alpha value is -0.300. The van der Waals surface area contributed by atoms with Gasteiger partial charge >= 0.3 is 0 Å². The molecule has 0 aromatic heterocycles. The Bertz CT molecular complexity index is 222. The van der Waals surface area contributed by atoms with Gasteiger partial charge in [-0.05, 0) is 45.4 Å². The van der Waals surface area contributed by atoms with E-state index in [0.29, 0.717) is 6.10 Å². The van der Waals surface area contributed by atoms with Gasteiger partial charge in [-0.3, -0.25) is 0 Å². The summed E-state index contributed by atoms with van der Waals surface area (Å²) in [5.41, 5.74) is 0. The van der Waals surface area contributed by atoms with Gasteiger partial charge in [0.15, 0.2) is 0 Å². The molecule has 1 atom stereocenters. The molecule has 1 nitrogen and oxygen atoms in total. The van der Waals surface area contributed by atoms with Crippen molar-refractivity contribution in [2.45, 2.75) is 117 Å². The maximum absolute atomic E-state index is 5.69. The van der Waals surface area contributed by atoms with E-state index in [1.807, 2.05) is 0 Å². The summed E-state index contributed by atoms with van der Waals surface area (Å²) in [5, 5.41) is 0. The number of hydrogen-bond donors (Lipinski definition) is 0. The largest absolute Gasteiger partial charge is 0.379 e. The highest BCUT2D eigenvalue weighted by atomic mass is 16.5. The van der Waals surface area contributed by atoms with Crippen LogP contribution >= 0.6 is 0 Å². The molecule has 0 rings (SSSR count). The highest BCUT2D eigenvalue weighted by Gasteiger charge is 2.04. The van der Waals surface area contributed by atoms with Gasteiger partial charge in [-0.15, -0.1) is 0 Å². The van der Waals surface area contributed by atoms with Crippen LogP contribution in [0.15, 0.2) is 12.2 Å². The molecule has 0 amide bonds. The summed E-state index contributed by atoms with van der Waals surface area (Å²) >= 11 is 0. The van der Waals surface area contributed by atoms with E-state index in [1.165, 1.54) is 83.5 Å². The lowest BCUT2D eigenvalue weighted by atomic mass is 10.1. The fourth-order valence-corrected chi connectivity index (χ4v) is 2.91. The summed E-state index contributed by atoms with van der Waals surface area (Å²) in [6, 6.07) is 0. The summed E-state index contributed by atoms with van der Waals surface area (Å²) in [6.07, 6.45) is 24.2. The van der Waals surface area contributed by atoms with Crippen molar-refractivity contribution in [1.29, 1.82) is 0 Å². The minimum atomic E-state index is 0.502. The summed E-state index contributed by atoms with van der Waals surface area (Å²) in [4.78, 5) is 0. The molecular formula is C21H42O. The lowest BCUT2D eigenvalue weighted by molar-refractivity contribution is 0.0523. The zero-order valence-electron chi connectivity index (χ0n) is 15.7. The minimum Gasteiger partial charge on any atom is -0.379 e. The number of ether oxygens (including phenoxy) is 1. The van der Waals surface area contributed by atoms with E-state index in [-0.39, 0.29) is 0 Å². The first-order chi connectivity index (χ1) is 10.8. The van der Waals surface area contributed by atoms with E-state index in [2.05, 4.69) is 32.9 Å². The second-order valence-electron chi connectivity index (χ2n) is 6.51. The van der Waals surface area contributed by atoms with Crippen molar-refractivity contribution in [2.75, 3.05) is 6.61 Å². The summed E-state index contributed by atoms with van der Waals surface area (Å²) < 4.78 is 5.69. The predicted molar refractivity (Wildman–Crippen MR) is 101 cm³/mol. The highest BCUT2D eigenvalue weighted by Crippen LogP contribution is 2.12. The van der Waals surface area contributed by atoms with Crippen molar-refractivity contribution in [3.8, 4) is 0 Å². The zero-order chi connectivity index (χ0) is 16.3. The molecule has 0 bridgehead atoms. The summed E-state index contributed by atoms with van der Waals surface area (Å²) in [6.45, 7) is 7.47. The van der Waals surface area contributed by atoms with Gasteiger partial charge in [-0.2, -0.15) is 0 Å². The lowest BCUT2D eigenvalue weighted by Gasteiger charge is -2.14. The second kappa shape index (κ2) is 18.7. The van der Waals surface area contributed by atoms with E-state index in [0.717, 1.165) is 13.0 Å². The maximum atomic E-state index is 5.69. The van der Waals surface area contributed by atoms with Crippen molar-refractivity contribution in [2.24, 2.45) is 0 Å². The third-order valence-corrected chi connectivity index (χ3v) is 4.40. The van der Waals surface area contributed by atoms with Crippen LogP contribution < -0.4 is 0 Å². The Morgan fingerprint density at radius 1 is 0.682 bits per heavy atom. The van der Waals surface area contributed by atoms with Crippen molar-refractivity contribution in [3.63, 3.8) is 0 Å². The molecule has 0 aliphatic heterocycles. The Labute approximate surface area is 140 Å². The van der Waals surface area contributed by atoms with Crippen molar-refractivity contribution in [3.05, 3.63) is 12.2 Å². The van der Waals surface area contributed by atoms with Crippen LogP contribution in [0, 0.1) is 0 Å². The predicted octanol–water partition coefficient (Wildman–Crippen LogP) is 7.45. The lowest BCUT2D eigenvalue weighted by Crippen LogP contribution is -2.11. The summed E-state index contributed by atoms with van der Waals surface area (Å²) in [7, 11) is 0. The van der Waals surface area contributed by atoms with Crippen LogP contribution in [0.5, 0.6) is 0 Å². The molecule has 0 saturated carbocycles. The fraction of sp³-hybridized carbons (Fsp3) is 0.905. The number of hydrogen-bond acceptors (Lipinski definition) is 1. The fourth-order valence-electron chi connectivity index (χ4n) is 2.91. The number of allylic oxidation sites excluding steroid dienone is 2. The Morgan fingerprint density at radius 2 is 1.23 bits per heavy atom. The summed E-state index contributed by atoms with van der Waals surface area (Å²) in [5.74, 6) is 0. The molecule has 0 saturated heterocycles. The van der Waals surface area contributed by atoms with Gasteiger partial charge in [0.2, 0.25) is 0 Å². The van der Waals surface area contributed by atoms with E-state index < -0.39 is 0 Å². The first-order valence-corrected chi connectivity index (χ1v) is 10.1. The van der Waals surface area contributed by atoms with Crippen LogP contribution in [0.3, 0.4) is 0 Å². The van der Waals surface area contributed by atoms with Gasteiger partial charge in [0, 0.05) is 6.61 Å². The zero-order valence-corrected chi connectivity index (χ0v) is 15.7. The van der Waals surface area contributed by atoms with Gasteiger partial charge in [0.25, 0.3) is 0 Å². The second-order valence-corrected chi connectivity index (χ2v) is 6.51. The number of rotatable bonds is 17. The standard InChI is InChI=1S/C21H42O/c1-4-7-8-9-10-11-12-13-14-15-16-17-18-19-20-21(5-2)22-6-3/h13-14,21H,4-12,15-20H2,1-3H3/b14-13-. The van der Waals surface area contributed by atoms with Crippen LogP contribution in [0.1, 0.15) is 111 Å². The molecule has 1 unspecified atom stereocenters. The molecule has 1 heteroatoms. The van der Waals surface area contributed by atoms with Crippen molar-refractivity contribution < 1.29 is 4.74 Å². The van der Waals surface area contributed by atoms with Crippen molar-refractivity contribution in [1.82, 2.24) is 0 Å².